The number of methoxy groups -OCH3 is 1. The van der Waals surface area contributed by atoms with Gasteiger partial charge in [0.1, 0.15) is 11.6 Å². The molecular weight excluding hydrogens is 406 g/mol. The Morgan fingerprint density at radius 2 is 1.97 bits per heavy atom. The molecule has 6 nitrogen and oxygen atoms in total. The summed E-state index contributed by atoms with van der Waals surface area (Å²) in [5.41, 5.74) is 2.51. The molecule has 0 amide bonds. The SMILES string of the molecule is COc1ccccc1-c1nc(CS(C)(=O)=O)c2n1CCN(Cc1ccc(C)s1)C2. The van der Waals surface area contributed by atoms with E-state index in [1.807, 2.05) is 35.6 Å². The molecule has 8 heteroatoms. The minimum atomic E-state index is -3.19. The molecule has 2 aromatic heterocycles. The largest absolute Gasteiger partial charge is 0.496 e. The van der Waals surface area contributed by atoms with Crippen LogP contribution in [-0.4, -0.2) is 42.8 Å². The van der Waals surface area contributed by atoms with E-state index in [1.165, 1.54) is 16.0 Å². The first-order valence-corrected chi connectivity index (χ1v) is 12.4. The highest BCUT2D eigenvalue weighted by molar-refractivity contribution is 7.89. The van der Waals surface area contributed by atoms with E-state index in [1.54, 1.807) is 7.11 Å². The number of aromatic nitrogens is 2. The predicted octanol–water partition coefficient (Wildman–Crippen LogP) is 3.49. The van der Waals surface area contributed by atoms with E-state index in [-0.39, 0.29) is 5.75 Å². The summed E-state index contributed by atoms with van der Waals surface area (Å²) < 4.78 is 31.8. The molecule has 0 unspecified atom stereocenters. The van der Waals surface area contributed by atoms with Crippen LogP contribution in [0.2, 0.25) is 0 Å². The quantitative estimate of drug-likeness (QED) is 0.598. The van der Waals surface area contributed by atoms with Gasteiger partial charge in [0.15, 0.2) is 9.84 Å². The van der Waals surface area contributed by atoms with Gasteiger partial charge in [0.2, 0.25) is 0 Å². The number of hydrogen-bond donors (Lipinski definition) is 0. The molecule has 0 bridgehead atoms. The van der Waals surface area contributed by atoms with Crippen LogP contribution in [0.25, 0.3) is 11.4 Å². The Balaban J connectivity index is 1.72. The van der Waals surface area contributed by atoms with Gasteiger partial charge in [-0.3, -0.25) is 4.90 Å². The molecule has 0 fully saturated rings. The highest BCUT2D eigenvalue weighted by atomic mass is 32.2. The van der Waals surface area contributed by atoms with Gasteiger partial charge in [-0.2, -0.15) is 0 Å². The van der Waals surface area contributed by atoms with Crippen LogP contribution < -0.4 is 4.74 Å². The van der Waals surface area contributed by atoms with Crippen LogP contribution in [0.5, 0.6) is 5.75 Å². The van der Waals surface area contributed by atoms with E-state index in [9.17, 15) is 8.42 Å². The molecule has 3 heterocycles. The first kappa shape index (κ1) is 20.1. The normalized spacial score (nSPS) is 14.7. The van der Waals surface area contributed by atoms with Crippen molar-refractivity contribution in [1.82, 2.24) is 14.5 Å². The van der Waals surface area contributed by atoms with Crippen molar-refractivity contribution in [3.63, 3.8) is 0 Å². The van der Waals surface area contributed by atoms with Crippen LogP contribution >= 0.6 is 11.3 Å². The summed E-state index contributed by atoms with van der Waals surface area (Å²) >= 11 is 1.81. The number of aryl methyl sites for hydroxylation is 1. The van der Waals surface area contributed by atoms with Gasteiger partial charge >= 0.3 is 0 Å². The van der Waals surface area contributed by atoms with E-state index >= 15 is 0 Å². The lowest BCUT2D eigenvalue weighted by Gasteiger charge is -2.29. The van der Waals surface area contributed by atoms with Gasteiger partial charge in [-0.25, -0.2) is 13.4 Å². The third-order valence-electron chi connectivity index (χ3n) is 5.09. The van der Waals surface area contributed by atoms with Crippen molar-refractivity contribution in [2.24, 2.45) is 0 Å². The zero-order valence-corrected chi connectivity index (χ0v) is 18.5. The van der Waals surface area contributed by atoms with Crippen molar-refractivity contribution in [3.05, 3.63) is 57.5 Å². The lowest BCUT2D eigenvalue weighted by atomic mass is 10.2. The zero-order chi connectivity index (χ0) is 20.6. The standard InChI is InChI=1S/C21H25N3O3S2/c1-15-8-9-16(28-15)12-23-10-11-24-19(13-23)18(14-29(3,25)26)22-21(24)17-6-4-5-7-20(17)27-2/h4-9H,10-14H2,1-3H3. The molecule has 0 saturated carbocycles. The third kappa shape index (κ3) is 4.39. The Morgan fingerprint density at radius 1 is 1.17 bits per heavy atom. The highest BCUT2D eigenvalue weighted by Crippen LogP contribution is 2.33. The number of imidazole rings is 1. The second-order valence-corrected chi connectivity index (χ2v) is 11.0. The maximum atomic E-state index is 12.0. The average molecular weight is 432 g/mol. The number of thiophene rings is 1. The van der Waals surface area contributed by atoms with Crippen LogP contribution in [0.4, 0.5) is 0 Å². The Hall–Kier alpha value is -2.16. The molecular formula is C21H25N3O3S2. The highest BCUT2D eigenvalue weighted by Gasteiger charge is 2.27. The number of sulfone groups is 1. The number of para-hydroxylation sites is 1. The summed E-state index contributed by atoms with van der Waals surface area (Å²) in [4.78, 5) is 9.77. The smallest absolute Gasteiger partial charge is 0.153 e. The molecule has 0 atom stereocenters. The molecule has 0 aliphatic carbocycles. The summed E-state index contributed by atoms with van der Waals surface area (Å²) in [5, 5.41) is 0. The van der Waals surface area contributed by atoms with Crippen LogP contribution in [0.15, 0.2) is 36.4 Å². The first-order valence-electron chi connectivity index (χ1n) is 9.51. The van der Waals surface area contributed by atoms with E-state index in [0.29, 0.717) is 12.2 Å². The topological polar surface area (TPSA) is 64.4 Å². The molecule has 0 N–H and O–H groups in total. The van der Waals surface area contributed by atoms with E-state index < -0.39 is 9.84 Å². The number of benzene rings is 1. The molecule has 3 aromatic rings. The molecule has 1 aliphatic heterocycles. The number of rotatable bonds is 6. The van der Waals surface area contributed by atoms with Crippen LogP contribution in [0.1, 0.15) is 21.1 Å². The van der Waals surface area contributed by atoms with Gasteiger partial charge in [-0.1, -0.05) is 12.1 Å². The number of fused-ring (bicyclic) bond motifs is 1. The number of ether oxygens (including phenoxy) is 1. The van der Waals surface area contributed by atoms with Gasteiger partial charge < -0.3 is 9.30 Å². The van der Waals surface area contributed by atoms with Crippen LogP contribution in [0.3, 0.4) is 0 Å². The van der Waals surface area contributed by atoms with Gasteiger partial charge in [0.05, 0.1) is 29.8 Å². The van der Waals surface area contributed by atoms with Crippen molar-refractivity contribution in [3.8, 4) is 17.1 Å². The molecule has 29 heavy (non-hydrogen) atoms. The summed E-state index contributed by atoms with van der Waals surface area (Å²) in [5.74, 6) is 1.47. The molecule has 1 aromatic carbocycles. The zero-order valence-electron chi connectivity index (χ0n) is 16.9. The summed E-state index contributed by atoms with van der Waals surface area (Å²) in [6.45, 7) is 5.32. The van der Waals surface area contributed by atoms with Gasteiger partial charge in [-0.15, -0.1) is 11.3 Å². The Kier molecular flexibility index (Phi) is 5.50. The van der Waals surface area contributed by atoms with Gasteiger partial charge in [0.25, 0.3) is 0 Å². The maximum absolute atomic E-state index is 12.0. The number of hydrogen-bond acceptors (Lipinski definition) is 6. The third-order valence-corrected chi connectivity index (χ3v) is 6.87. The summed E-state index contributed by atoms with van der Waals surface area (Å²) in [6.07, 6.45) is 1.26. The van der Waals surface area contributed by atoms with Crippen molar-refractivity contribution in [2.45, 2.75) is 32.3 Å². The first-order chi connectivity index (χ1) is 13.8. The van der Waals surface area contributed by atoms with Crippen molar-refractivity contribution in [1.29, 1.82) is 0 Å². The minimum absolute atomic E-state index is 0.0522. The van der Waals surface area contributed by atoms with E-state index in [2.05, 4.69) is 28.5 Å². The fraction of sp³-hybridized carbons (Fsp3) is 0.381. The lowest BCUT2D eigenvalue weighted by molar-refractivity contribution is 0.215. The Bertz CT molecular complexity index is 1130. The van der Waals surface area contributed by atoms with Crippen molar-refractivity contribution < 1.29 is 13.2 Å². The second-order valence-electron chi connectivity index (χ2n) is 7.47. The van der Waals surface area contributed by atoms with Crippen LogP contribution in [-0.2, 0) is 35.2 Å². The monoisotopic (exact) mass is 431 g/mol. The van der Waals surface area contributed by atoms with E-state index in [4.69, 9.17) is 9.72 Å². The minimum Gasteiger partial charge on any atom is -0.496 e. The molecule has 0 radical (unpaired) electrons. The average Bonchev–Trinajstić information content (AvgIpc) is 3.24. The summed E-state index contributed by atoms with van der Waals surface area (Å²) in [6, 6.07) is 12.1. The molecule has 154 valence electrons. The van der Waals surface area contributed by atoms with Gasteiger partial charge in [-0.05, 0) is 31.2 Å². The molecule has 0 spiro atoms. The Morgan fingerprint density at radius 3 is 2.66 bits per heavy atom. The summed E-state index contributed by atoms with van der Waals surface area (Å²) in [7, 11) is -1.55. The van der Waals surface area contributed by atoms with Gasteiger partial charge in [0, 0.05) is 42.2 Å². The molecule has 0 saturated heterocycles. The second kappa shape index (κ2) is 7.93. The fourth-order valence-electron chi connectivity index (χ4n) is 3.81. The molecule has 1 aliphatic rings. The van der Waals surface area contributed by atoms with E-state index in [0.717, 1.165) is 42.5 Å². The fourth-order valence-corrected chi connectivity index (χ4v) is 5.47. The Labute approximate surface area is 175 Å². The lowest BCUT2D eigenvalue weighted by Crippen LogP contribution is -2.33. The predicted molar refractivity (Wildman–Crippen MR) is 116 cm³/mol. The van der Waals surface area contributed by atoms with Crippen molar-refractivity contribution >= 4 is 21.2 Å². The number of nitrogens with zero attached hydrogens (tertiary/aromatic N) is 3. The molecule has 4 rings (SSSR count). The van der Waals surface area contributed by atoms with Crippen LogP contribution in [0, 0.1) is 6.92 Å². The van der Waals surface area contributed by atoms with Crippen molar-refractivity contribution in [2.75, 3.05) is 19.9 Å². The maximum Gasteiger partial charge on any atom is 0.153 e.